The van der Waals surface area contributed by atoms with Gasteiger partial charge in [-0.05, 0) is 66.7 Å². The van der Waals surface area contributed by atoms with Gasteiger partial charge in [-0.15, -0.1) is 0 Å². The van der Waals surface area contributed by atoms with Crippen LogP contribution in [0.15, 0.2) is 12.2 Å². The van der Waals surface area contributed by atoms with Gasteiger partial charge in [0.15, 0.2) is 0 Å². The Labute approximate surface area is 197 Å². The molecule has 0 saturated heterocycles. The van der Waals surface area contributed by atoms with Gasteiger partial charge >= 0.3 is 23.9 Å². The highest BCUT2D eigenvalue weighted by Gasteiger charge is 2.45. The topological polar surface area (TPSA) is 105 Å². The number of carbonyl (C=O) groups is 4. The fraction of sp³-hybridized carbons (Fsp3) is 0.760. The van der Waals surface area contributed by atoms with Crippen molar-refractivity contribution in [2.45, 2.75) is 91.8 Å². The number of hydrogen-bond donors (Lipinski definition) is 0. The van der Waals surface area contributed by atoms with Gasteiger partial charge in [-0.2, -0.15) is 0 Å². The number of carbonyl (C=O) groups excluding carboxylic acids is 4. The molecule has 0 amide bonds. The van der Waals surface area contributed by atoms with Crippen LogP contribution in [0.5, 0.6) is 0 Å². The monoisotopic (exact) mass is 468 g/mol. The van der Waals surface area contributed by atoms with Gasteiger partial charge in [0.2, 0.25) is 0 Å². The first kappa shape index (κ1) is 28.7. The van der Waals surface area contributed by atoms with Crippen LogP contribution in [0, 0.1) is 17.8 Å². The molecular weight excluding hydrogens is 428 g/mol. The molecule has 0 bridgehead atoms. The summed E-state index contributed by atoms with van der Waals surface area (Å²) in [5, 5.41) is 0. The second kappa shape index (κ2) is 12.2. The third-order valence-corrected chi connectivity index (χ3v) is 6.16. The second-order valence-electron chi connectivity index (χ2n) is 9.88. The van der Waals surface area contributed by atoms with Crippen LogP contribution in [0.3, 0.4) is 0 Å². The molecule has 1 aliphatic rings. The van der Waals surface area contributed by atoms with Crippen molar-refractivity contribution in [3.05, 3.63) is 12.2 Å². The van der Waals surface area contributed by atoms with E-state index in [0.29, 0.717) is 25.7 Å². The highest BCUT2D eigenvalue weighted by atomic mass is 16.6. The van der Waals surface area contributed by atoms with Gasteiger partial charge in [0.1, 0.15) is 24.4 Å². The quantitative estimate of drug-likeness (QED) is 0.193. The summed E-state index contributed by atoms with van der Waals surface area (Å²) >= 11 is 0. The van der Waals surface area contributed by atoms with Crippen molar-refractivity contribution in [2.24, 2.45) is 17.8 Å². The molecule has 3 unspecified atom stereocenters. The first-order valence-electron chi connectivity index (χ1n) is 11.7. The fourth-order valence-corrected chi connectivity index (χ4v) is 3.28. The van der Waals surface area contributed by atoms with Crippen LogP contribution >= 0.6 is 0 Å². The van der Waals surface area contributed by atoms with E-state index in [1.165, 1.54) is 6.92 Å². The number of ether oxygens (including phenoxy) is 4. The van der Waals surface area contributed by atoms with Crippen LogP contribution in [-0.4, -0.2) is 48.3 Å². The van der Waals surface area contributed by atoms with E-state index in [4.69, 9.17) is 18.9 Å². The lowest BCUT2D eigenvalue weighted by Gasteiger charge is -2.36. The van der Waals surface area contributed by atoms with Gasteiger partial charge in [0.25, 0.3) is 0 Å². The maximum absolute atomic E-state index is 13.0. The van der Waals surface area contributed by atoms with E-state index in [9.17, 15) is 19.2 Å². The Morgan fingerprint density at radius 3 is 1.82 bits per heavy atom. The van der Waals surface area contributed by atoms with E-state index < -0.39 is 46.9 Å². The van der Waals surface area contributed by atoms with Gasteiger partial charge in [-0.3, -0.25) is 14.4 Å². The molecule has 8 heteroatoms. The molecule has 0 aromatic rings. The molecule has 1 saturated carbocycles. The van der Waals surface area contributed by atoms with Crippen molar-refractivity contribution in [3.8, 4) is 0 Å². The molecule has 8 nitrogen and oxygen atoms in total. The minimum atomic E-state index is -0.822. The van der Waals surface area contributed by atoms with Crippen molar-refractivity contribution in [2.75, 3.05) is 13.2 Å². The van der Waals surface area contributed by atoms with Crippen LogP contribution in [-0.2, 0) is 38.1 Å². The molecule has 3 atom stereocenters. The average Bonchev–Trinajstić information content (AvgIpc) is 2.75. The fourth-order valence-electron chi connectivity index (χ4n) is 3.28. The zero-order valence-electron chi connectivity index (χ0n) is 21.2. The Hall–Kier alpha value is -2.38. The van der Waals surface area contributed by atoms with Crippen LogP contribution < -0.4 is 0 Å². The molecule has 188 valence electrons. The van der Waals surface area contributed by atoms with Crippen molar-refractivity contribution >= 4 is 23.9 Å². The molecule has 1 rings (SSSR count). The van der Waals surface area contributed by atoms with Crippen molar-refractivity contribution in [1.82, 2.24) is 0 Å². The summed E-state index contributed by atoms with van der Waals surface area (Å²) in [6, 6.07) is 0. The minimum Gasteiger partial charge on any atom is -0.462 e. The largest absolute Gasteiger partial charge is 0.462 e. The summed E-state index contributed by atoms with van der Waals surface area (Å²) in [7, 11) is 0. The number of esters is 4. The van der Waals surface area contributed by atoms with Crippen molar-refractivity contribution in [3.63, 3.8) is 0 Å². The summed E-state index contributed by atoms with van der Waals surface area (Å²) in [4.78, 5) is 50.0. The lowest BCUT2D eigenvalue weighted by atomic mass is 9.73. The van der Waals surface area contributed by atoms with E-state index in [-0.39, 0.29) is 31.2 Å². The third-order valence-electron chi connectivity index (χ3n) is 6.16. The molecule has 0 heterocycles. The molecule has 0 radical (unpaired) electrons. The maximum atomic E-state index is 13.0. The standard InChI is InChI=1S/C25H40O8/c1-9-24(5,6)32-21(27)17-11-12-18(19(15-17)23(29)33-25(7,8)10-2)22(28)31-14-13-30-20(26)16(3)4/h17-19H,3,9-15H2,1-2,4-8H3. The molecule has 1 fully saturated rings. The summed E-state index contributed by atoms with van der Waals surface area (Å²) in [5.74, 6) is -4.10. The van der Waals surface area contributed by atoms with E-state index >= 15 is 0 Å². The van der Waals surface area contributed by atoms with E-state index in [0.717, 1.165) is 0 Å². The van der Waals surface area contributed by atoms with Crippen molar-refractivity contribution in [1.29, 1.82) is 0 Å². The first-order chi connectivity index (χ1) is 15.2. The first-order valence-corrected chi connectivity index (χ1v) is 11.7. The molecule has 0 aromatic heterocycles. The summed E-state index contributed by atoms with van der Waals surface area (Å²) in [6.45, 7) is 15.9. The smallest absolute Gasteiger partial charge is 0.333 e. The molecule has 0 aliphatic heterocycles. The minimum absolute atomic E-state index is 0.108. The summed E-state index contributed by atoms with van der Waals surface area (Å²) in [5.41, 5.74) is -1.05. The van der Waals surface area contributed by atoms with Gasteiger partial charge in [0.05, 0.1) is 17.8 Å². The Kier molecular flexibility index (Phi) is 10.6. The normalized spacial score (nSPS) is 21.0. The van der Waals surface area contributed by atoms with Crippen molar-refractivity contribution < 1.29 is 38.1 Å². The third kappa shape index (κ3) is 9.18. The Bertz CT molecular complexity index is 737. The molecule has 0 N–H and O–H groups in total. The number of hydrogen-bond acceptors (Lipinski definition) is 8. The zero-order chi connectivity index (χ0) is 25.4. The molecule has 0 aromatic carbocycles. The highest BCUT2D eigenvalue weighted by Crippen LogP contribution is 2.38. The predicted octanol–water partition coefficient (Wildman–Crippen LogP) is 4.15. The predicted molar refractivity (Wildman–Crippen MR) is 122 cm³/mol. The Morgan fingerprint density at radius 2 is 1.30 bits per heavy atom. The molecule has 0 spiro atoms. The van der Waals surface area contributed by atoms with Gasteiger partial charge in [-0.25, -0.2) is 4.79 Å². The second-order valence-corrected chi connectivity index (χ2v) is 9.88. The molecule has 33 heavy (non-hydrogen) atoms. The highest BCUT2D eigenvalue weighted by molar-refractivity contribution is 5.87. The van der Waals surface area contributed by atoms with Gasteiger partial charge in [-0.1, -0.05) is 20.4 Å². The lowest BCUT2D eigenvalue weighted by Crippen LogP contribution is -2.43. The summed E-state index contributed by atoms with van der Waals surface area (Å²) < 4.78 is 21.5. The summed E-state index contributed by atoms with van der Waals surface area (Å²) in [6.07, 6.45) is 2.12. The molecule has 1 aliphatic carbocycles. The van der Waals surface area contributed by atoms with Gasteiger partial charge in [0, 0.05) is 5.57 Å². The lowest BCUT2D eigenvalue weighted by molar-refractivity contribution is -0.177. The molecular formula is C25H40O8. The van der Waals surface area contributed by atoms with Crippen LogP contribution in [0.2, 0.25) is 0 Å². The number of rotatable bonds is 11. The van der Waals surface area contributed by atoms with Crippen LogP contribution in [0.1, 0.15) is 80.6 Å². The van der Waals surface area contributed by atoms with E-state index in [1.54, 1.807) is 13.8 Å². The SMILES string of the molecule is C=C(C)C(=O)OCCOC(=O)C1CCC(C(=O)OC(C)(C)CC)CC1C(=O)OC(C)(C)CC. The van der Waals surface area contributed by atoms with E-state index in [1.807, 2.05) is 27.7 Å². The Balaban J connectivity index is 2.89. The van der Waals surface area contributed by atoms with Gasteiger partial charge < -0.3 is 18.9 Å². The van der Waals surface area contributed by atoms with Crippen LogP contribution in [0.4, 0.5) is 0 Å². The average molecular weight is 469 g/mol. The van der Waals surface area contributed by atoms with E-state index in [2.05, 4.69) is 6.58 Å². The maximum Gasteiger partial charge on any atom is 0.333 e. The van der Waals surface area contributed by atoms with Crippen LogP contribution in [0.25, 0.3) is 0 Å². The Morgan fingerprint density at radius 1 is 0.788 bits per heavy atom. The zero-order valence-corrected chi connectivity index (χ0v) is 21.2.